The predicted octanol–water partition coefficient (Wildman–Crippen LogP) is 1.54. The summed E-state index contributed by atoms with van der Waals surface area (Å²) in [4.78, 5) is 40.5. The molecule has 8 nitrogen and oxygen atoms in total. The minimum atomic E-state index is -0.793. The lowest BCUT2D eigenvalue weighted by Crippen LogP contribution is -2.49. The third kappa shape index (κ3) is 3.27. The number of nitrogens with one attached hydrogen (secondary N) is 1. The van der Waals surface area contributed by atoms with Crippen LogP contribution < -0.4 is 14.8 Å². The van der Waals surface area contributed by atoms with E-state index in [1.807, 2.05) is 31.2 Å². The van der Waals surface area contributed by atoms with Crippen molar-refractivity contribution in [1.29, 1.82) is 0 Å². The first-order valence-electron chi connectivity index (χ1n) is 9.83. The summed E-state index contributed by atoms with van der Waals surface area (Å²) in [5, 5.41) is 2.81. The molecule has 2 heterocycles. The number of rotatable bonds is 5. The highest BCUT2D eigenvalue weighted by atomic mass is 16.6. The van der Waals surface area contributed by atoms with Crippen molar-refractivity contribution in [2.45, 2.75) is 44.2 Å². The molecule has 3 aliphatic rings. The minimum absolute atomic E-state index is 0.246. The van der Waals surface area contributed by atoms with Crippen molar-refractivity contribution in [3.63, 3.8) is 0 Å². The molecule has 150 valence electrons. The van der Waals surface area contributed by atoms with Crippen molar-refractivity contribution in [2.75, 3.05) is 26.2 Å². The molecular formula is C20H25N3O5. The van der Waals surface area contributed by atoms with E-state index in [2.05, 4.69) is 5.32 Å². The van der Waals surface area contributed by atoms with E-state index in [-0.39, 0.29) is 24.5 Å². The Bertz CT molecular complexity index is 790. The fraction of sp³-hybridized carbons (Fsp3) is 0.550. The number of amides is 4. The third-order valence-electron chi connectivity index (χ3n) is 5.72. The van der Waals surface area contributed by atoms with Crippen molar-refractivity contribution in [3.8, 4) is 11.5 Å². The molecule has 1 spiro atoms. The maximum Gasteiger partial charge on any atom is 0.325 e. The highest BCUT2D eigenvalue weighted by Crippen LogP contribution is 2.35. The maximum atomic E-state index is 12.8. The number of ether oxygens (including phenoxy) is 2. The summed E-state index contributed by atoms with van der Waals surface area (Å²) in [6.45, 7) is 2.74. The summed E-state index contributed by atoms with van der Waals surface area (Å²) in [6, 6.07) is 6.93. The van der Waals surface area contributed by atoms with E-state index in [0.29, 0.717) is 44.0 Å². The van der Waals surface area contributed by atoms with Gasteiger partial charge in [0.1, 0.15) is 18.7 Å². The number of urea groups is 1. The number of benzene rings is 1. The molecular weight excluding hydrogens is 362 g/mol. The Morgan fingerprint density at radius 3 is 2.68 bits per heavy atom. The Kier molecular flexibility index (Phi) is 4.87. The van der Waals surface area contributed by atoms with Crippen LogP contribution in [0.15, 0.2) is 24.3 Å². The van der Waals surface area contributed by atoms with Crippen LogP contribution in [0.5, 0.6) is 11.5 Å². The number of hydrogen-bond acceptors (Lipinski definition) is 5. The average molecular weight is 387 g/mol. The van der Waals surface area contributed by atoms with E-state index >= 15 is 0 Å². The maximum absolute atomic E-state index is 12.8. The van der Waals surface area contributed by atoms with E-state index in [1.165, 1.54) is 0 Å². The van der Waals surface area contributed by atoms with Gasteiger partial charge in [-0.05, 0) is 31.9 Å². The van der Waals surface area contributed by atoms with Gasteiger partial charge in [0.15, 0.2) is 17.6 Å². The van der Waals surface area contributed by atoms with Crippen LogP contribution in [0.4, 0.5) is 4.79 Å². The van der Waals surface area contributed by atoms with Gasteiger partial charge in [0, 0.05) is 6.54 Å². The van der Waals surface area contributed by atoms with Crippen molar-refractivity contribution < 1.29 is 23.9 Å². The zero-order valence-corrected chi connectivity index (χ0v) is 16.0. The number of hydrogen-bond donors (Lipinski definition) is 1. The highest BCUT2D eigenvalue weighted by molar-refractivity contribution is 6.09. The molecule has 1 N–H and O–H groups in total. The van der Waals surface area contributed by atoms with Crippen LogP contribution in [0.3, 0.4) is 0 Å². The Balaban J connectivity index is 1.38. The van der Waals surface area contributed by atoms with Gasteiger partial charge in [-0.15, -0.1) is 0 Å². The molecule has 1 atom stereocenters. The second-order valence-electron chi connectivity index (χ2n) is 7.54. The fourth-order valence-corrected chi connectivity index (χ4v) is 4.18. The first-order valence-corrected chi connectivity index (χ1v) is 9.83. The van der Waals surface area contributed by atoms with Gasteiger partial charge in [-0.3, -0.25) is 14.5 Å². The van der Waals surface area contributed by atoms with Crippen LogP contribution in [0.25, 0.3) is 0 Å². The smallest absolute Gasteiger partial charge is 0.325 e. The van der Waals surface area contributed by atoms with E-state index in [1.54, 1.807) is 4.90 Å². The first-order chi connectivity index (χ1) is 13.5. The SMILES string of the molecule is CCN(C[C@@H]1COc2ccccc2O1)C(=O)CN1C(=O)NC2(CCCC2)C1=O. The van der Waals surface area contributed by atoms with Gasteiger partial charge in [-0.1, -0.05) is 25.0 Å². The zero-order valence-electron chi connectivity index (χ0n) is 16.0. The molecule has 1 aliphatic carbocycles. The Morgan fingerprint density at radius 2 is 1.96 bits per heavy atom. The standard InChI is InChI=1S/C20H25N3O5/c1-2-22(11-14-13-27-15-7-3-4-8-16(15)28-14)17(24)12-23-18(25)20(21-19(23)26)9-5-6-10-20/h3-4,7-8,14H,2,5-6,9-13H2,1H3,(H,21,26)/t14-/m1/s1. The zero-order chi connectivity index (χ0) is 19.7. The van der Waals surface area contributed by atoms with Crippen molar-refractivity contribution in [3.05, 3.63) is 24.3 Å². The number of fused-ring (bicyclic) bond motifs is 1. The van der Waals surface area contributed by atoms with Crippen LogP contribution in [0, 0.1) is 0 Å². The summed E-state index contributed by atoms with van der Waals surface area (Å²) >= 11 is 0. The normalized spacial score (nSPS) is 22.5. The monoisotopic (exact) mass is 387 g/mol. The second-order valence-corrected chi connectivity index (χ2v) is 7.54. The minimum Gasteiger partial charge on any atom is -0.486 e. The highest BCUT2D eigenvalue weighted by Gasteiger charge is 2.52. The molecule has 28 heavy (non-hydrogen) atoms. The molecule has 1 saturated carbocycles. The molecule has 0 radical (unpaired) electrons. The van der Waals surface area contributed by atoms with Gasteiger partial charge in [0.05, 0.1) is 6.54 Å². The van der Waals surface area contributed by atoms with Gasteiger partial charge < -0.3 is 19.7 Å². The van der Waals surface area contributed by atoms with Crippen molar-refractivity contribution >= 4 is 17.8 Å². The Morgan fingerprint density at radius 1 is 1.25 bits per heavy atom. The molecule has 0 unspecified atom stereocenters. The first kappa shape index (κ1) is 18.6. The Hall–Kier alpha value is -2.77. The van der Waals surface area contributed by atoms with Crippen LogP contribution >= 0.6 is 0 Å². The molecule has 4 amide bonds. The lowest BCUT2D eigenvalue weighted by Gasteiger charge is -2.31. The molecule has 0 aromatic heterocycles. The molecule has 1 saturated heterocycles. The largest absolute Gasteiger partial charge is 0.486 e. The van der Waals surface area contributed by atoms with Gasteiger partial charge in [0.2, 0.25) is 5.91 Å². The van der Waals surface area contributed by atoms with Crippen molar-refractivity contribution in [1.82, 2.24) is 15.1 Å². The van der Waals surface area contributed by atoms with Crippen LogP contribution in [-0.2, 0) is 9.59 Å². The number of para-hydroxylation sites is 2. The van der Waals surface area contributed by atoms with E-state index in [0.717, 1.165) is 17.7 Å². The Labute approximate surface area is 163 Å². The summed E-state index contributed by atoms with van der Waals surface area (Å²) < 4.78 is 11.6. The van der Waals surface area contributed by atoms with Gasteiger partial charge in [-0.2, -0.15) is 0 Å². The number of nitrogens with zero attached hydrogens (tertiary/aromatic N) is 2. The van der Waals surface area contributed by atoms with Crippen LogP contribution in [0.2, 0.25) is 0 Å². The third-order valence-corrected chi connectivity index (χ3v) is 5.72. The topological polar surface area (TPSA) is 88.2 Å². The summed E-state index contributed by atoms with van der Waals surface area (Å²) in [5.41, 5.74) is -0.793. The lowest BCUT2D eigenvalue weighted by molar-refractivity contribution is -0.139. The number of carbonyl (C=O) groups is 3. The van der Waals surface area contributed by atoms with Crippen LogP contribution in [-0.4, -0.2) is 65.5 Å². The van der Waals surface area contributed by atoms with Crippen LogP contribution in [0.1, 0.15) is 32.6 Å². The quantitative estimate of drug-likeness (QED) is 0.775. The molecule has 1 aromatic rings. The van der Waals surface area contributed by atoms with E-state index in [9.17, 15) is 14.4 Å². The predicted molar refractivity (Wildman–Crippen MR) is 100 cm³/mol. The molecule has 1 aromatic carbocycles. The van der Waals surface area contributed by atoms with E-state index in [4.69, 9.17) is 9.47 Å². The molecule has 8 heteroatoms. The molecule has 4 rings (SSSR count). The summed E-state index contributed by atoms with van der Waals surface area (Å²) in [5.74, 6) is 0.794. The summed E-state index contributed by atoms with van der Waals surface area (Å²) in [6.07, 6.45) is 2.81. The van der Waals surface area contributed by atoms with Crippen molar-refractivity contribution in [2.24, 2.45) is 0 Å². The number of imide groups is 1. The van der Waals surface area contributed by atoms with E-state index < -0.39 is 11.6 Å². The van der Waals surface area contributed by atoms with Gasteiger partial charge in [0.25, 0.3) is 5.91 Å². The summed E-state index contributed by atoms with van der Waals surface area (Å²) in [7, 11) is 0. The number of carbonyl (C=O) groups excluding carboxylic acids is 3. The second kappa shape index (κ2) is 7.33. The molecule has 0 bridgehead atoms. The molecule has 2 aliphatic heterocycles. The fourth-order valence-electron chi connectivity index (χ4n) is 4.18. The number of likely N-dealkylation sites (N-methyl/N-ethyl adjacent to an activating group) is 1. The lowest BCUT2D eigenvalue weighted by atomic mass is 9.98. The van der Waals surface area contributed by atoms with Gasteiger partial charge >= 0.3 is 6.03 Å². The van der Waals surface area contributed by atoms with Gasteiger partial charge in [-0.25, -0.2) is 4.79 Å². The molecule has 2 fully saturated rings. The average Bonchev–Trinajstić information content (AvgIpc) is 3.26.